The summed E-state index contributed by atoms with van der Waals surface area (Å²) in [6, 6.07) is 6.14. The van der Waals surface area contributed by atoms with Crippen LogP contribution in [0.1, 0.15) is 10.4 Å². The van der Waals surface area contributed by atoms with Gasteiger partial charge in [-0.2, -0.15) is 0 Å². The molecule has 0 unspecified atom stereocenters. The van der Waals surface area contributed by atoms with Gasteiger partial charge in [0.05, 0.1) is 11.9 Å². The van der Waals surface area contributed by atoms with E-state index >= 15 is 0 Å². The molecule has 2 aromatic rings. The molecule has 0 saturated carbocycles. The van der Waals surface area contributed by atoms with E-state index in [0.29, 0.717) is 5.69 Å². The summed E-state index contributed by atoms with van der Waals surface area (Å²) in [5, 5.41) is 8.81. The van der Waals surface area contributed by atoms with Gasteiger partial charge in [0, 0.05) is 12.4 Å². The molecule has 80 valence electrons. The zero-order chi connectivity index (χ0) is 11.5. The first kappa shape index (κ1) is 10.1. The first-order chi connectivity index (χ1) is 7.70. The molecule has 0 spiro atoms. The van der Waals surface area contributed by atoms with Crippen molar-refractivity contribution < 1.29 is 9.90 Å². The number of rotatable bonds is 2. The Morgan fingerprint density at radius 2 is 2.12 bits per heavy atom. The zero-order valence-electron chi connectivity index (χ0n) is 8.20. The van der Waals surface area contributed by atoms with Gasteiger partial charge in [0.2, 0.25) is 0 Å². The molecular formula is C11H8N2O3. The van der Waals surface area contributed by atoms with Crippen LogP contribution in [0.3, 0.4) is 0 Å². The maximum atomic E-state index is 11.8. The molecule has 0 aromatic carbocycles. The van der Waals surface area contributed by atoms with Gasteiger partial charge < -0.3 is 5.11 Å². The van der Waals surface area contributed by atoms with Gasteiger partial charge in [-0.1, -0.05) is 0 Å². The van der Waals surface area contributed by atoms with Crippen LogP contribution < -0.4 is 5.56 Å². The van der Waals surface area contributed by atoms with Crippen LogP contribution in [-0.4, -0.2) is 20.6 Å². The molecule has 0 aliphatic heterocycles. The van der Waals surface area contributed by atoms with Gasteiger partial charge in [-0.05, 0) is 24.3 Å². The minimum absolute atomic E-state index is 0.258. The Kier molecular flexibility index (Phi) is 2.51. The van der Waals surface area contributed by atoms with E-state index in [1.54, 1.807) is 18.3 Å². The lowest BCUT2D eigenvalue weighted by molar-refractivity contribution is 0.0694. The summed E-state index contributed by atoms with van der Waals surface area (Å²) in [5.74, 6) is -1.23. The van der Waals surface area contributed by atoms with Crippen LogP contribution in [0.5, 0.6) is 0 Å². The molecule has 0 bridgehead atoms. The van der Waals surface area contributed by atoms with Crippen molar-refractivity contribution in [3.8, 4) is 5.69 Å². The van der Waals surface area contributed by atoms with E-state index < -0.39 is 11.5 Å². The highest BCUT2D eigenvalue weighted by molar-refractivity contribution is 5.87. The number of nitrogens with zero attached hydrogens (tertiary/aromatic N) is 2. The van der Waals surface area contributed by atoms with Crippen LogP contribution in [-0.2, 0) is 0 Å². The molecule has 2 rings (SSSR count). The van der Waals surface area contributed by atoms with Gasteiger partial charge in [-0.15, -0.1) is 0 Å². The topological polar surface area (TPSA) is 72.2 Å². The molecule has 0 aliphatic carbocycles. The normalized spacial score (nSPS) is 10.0. The van der Waals surface area contributed by atoms with Crippen molar-refractivity contribution in [1.29, 1.82) is 0 Å². The van der Waals surface area contributed by atoms with Crippen molar-refractivity contribution in [3.63, 3.8) is 0 Å². The average molecular weight is 216 g/mol. The third-order valence-corrected chi connectivity index (χ3v) is 2.10. The highest BCUT2D eigenvalue weighted by Crippen LogP contribution is 2.02. The molecule has 0 atom stereocenters. The summed E-state index contributed by atoms with van der Waals surface area (Å²) in [6.45, 7) is 0. The Labute approximate surface area is 90.6 Å². The van der Waals surface area contributed by atoms with Gasteiger partial charge in [-0.3, -0.25) is 14.3 Å². The molecule has 0 fully saturated rings. The van der Waals surface area contributed by atoms with E-state index in [1.807, 2.05) is 0 Å². The predicted octanol–water partition coefficient (Wildman–Crippen LogP) is 0.931. The first-order valence-corrected chi connectivity index (χ1v) is 4.55. The van der Waals surface area contributed by atoms with Crippen LogP contribution in [0.15, 0.2) is 47.7 Å². The summed E-state index contributed by atoms with van der Waals surface area (Å²) in [7, 11) is 0. The fourth-order valence-electron chi connectivity index (χ4n) is 1.36. The standard InChI is InChI=1S/C11H8N2O3/c14-10-9(11(15)16)4-2-6-13(10)8-3-1-5-12-7-8/h1-7H,(H,15,16). The van der Waals surface area contributed by atoms with Crippen molar-refractivity contribution >= 4 is 5.97 Å². The van der Waals surface area contributed by atoms with Gasteiger partial charge in [0.25, 0.3) is 5.56 Å². The summed E-state index contributed by atoms with van der Waals surface area (Å²) >= 11 is 0. The SMILES string of the molecule is O=C(O)c1cccn(-c2cccnc2)c1=O. The molecule has 0 aliphatic rings. The largest absolute Gasteiger partial charge is 0.477 e. The third kappa shape index (κ3) is 1.70. The van der Waals surface area contributed by atoms with Crippen molar-refractivity contribution in [2.45, 2.75) is 0 Å². The van der Waals surface area contributed by atoms with Gasteiger partial charge in [0.15, 0.2) is 0 Å². The van der Waals surface area contributed by atoms with E-state index in [0.717, 1.165) is 0 Å². The maximum Gasteiger partial charge on any atom is 0.341 e. The van der Waals surface area contributed by atoms with Crippen LogP contribution in [0.25, 0.3) is 5.69 Å². The molecule has 5 heteroatoms. The second-order valence-electron chi connectivity index (χ2n) is 3.11. The van der Waals surface area contributed by atoms with Crippen LogP contribution in [0.4, 0.5) is 0 Å². The van der Waals surface area contributed by atoms with E-state index in [-0.39, 0.29) is 5.56 Å². The number of hydrogen-bond acceptors (Lipinski definition) is 3. The van der Waals surface area contributed by atoms with Gasteiger partial charge >= 0.3 is 5.97 Å². The van der Waals surface area contributed by atoms with E-state index in [2.05, 4.69) is 4.98 Å². The average Bonchev–Trinajstić information content (AvgIpc) is 2.30. The molecule has 1 N–H and O–H groups in total. The lowest BCUT2D eigenvalue weighted by Crippen LogP contribution is -2.24. The molecule has 16 heavy (non-hydrogen) atoms. The molecule has 0 saturated heterocycles. The molecular weight excluding hydrogens is 208 g/mol. The number of hydrogen-bond donors (Lipinski definition) is 1. The summed E-state index contributed by atoms with van der Waals surface area (Å²) in [6.07, 6.45) is 4.58. The second kappa shape index (κ2) is 3.98. The number of carboxylic acids is 1. The van der Waals surface area contributed by atoms with E-state index in [9.17, 15) is 9.59 Å². The highest BCUT2D eigenvalue weighted by atomic mass is 16.4. The van der Waals surface area contributed by atoms with Crippen LogP contribution in [0, 0.1) is 0 Å². The van der Waals surface area contributed by atoms with Crippen molar-refractivity contribution in [2.75, 3.05) is 0 Å². The van der Waals surface area contributed by atoms with Crippen LogP contribution in [0.2, 0.25) is 0 Å². The van der Waals surface area contributed by atoms with E-state index in [4.69, 9.17) is 5.11 Å². The Balaban J connectivity index is 2.64. The summed E-state index contributed by atoms with van der Waals surface area (Å²) in [5.41, 5.74) is -0.287. The number of carboxylic acid groups (broad SMARTS) is 1. The molecule has 0 radical (unpaired) electrons. The number of carbonyl (C=O) groups is 1. The maximum absolute atomic E-state index is 11.8. The predicted molar refractivity (Wildman–Crippen MR) is 56.8 cm³/mol. The zero-order valence-corrected chi connectivity index (χ0v) is 8.20. The number of aromatic nitrogens is 2. The highest BCUT2D eigenvalue weighted by Gasteiger charge is 2.10. The lowest BCUT2D eigenvalue weighted by Gasteiger charge is -2.04. The quantitative estimate of drug-likeness (QED) is 0.810. The Bertz CT molecular complexity index is 575. The minimum Gasteiger partial charge on any atom is -0.477 e. The summed E-state index contributed by atoms with van der Waals surface area (Å²) in [4.78, 5) is 26.4. The van der Waals surface area contributed by atoms with Crippen molar-refractivity contribution in [2.24, 2.45) is 0 Å². The monoisotopic (exact) mass is 216 g/mol. The molecule has 5 nitrogen and oxygen atoms in total. The Morgan fingerprint density at radius 1 is 1.31 bits per heavy atom. The first-order valence-electron chi connectivity index (χ1n) is 4.55. The van der Waals surface area contributed by atoms with Crippen LogP contribution >= 0.6 is 0 Å². The Morgan fingerprint density at radius 3 is 2.75 bits per heavy atom. The minimum atomic E-state index is -1.23. The number of aromatic carboxylic acids is 1. The van der Waals surface area contributed by atoms with Gasteiger partial charge in [-0.25, -0.2) is 4.79 Å². The molecule has 2 aromatic heterocycles. The van der Waals surface area contributed by atoms with Gasteiger partial charge in [0.1, 0.15) is 5.56 Å². The van der Waals surface area contributed by atoms with Crippen molar-refractivity contribution in [1.82, 2.24) is 9.55 Å². The summed E-state index contributed by atoms with van der Waals surface area (Å²) < 4.78 is 1.25. The fraction of sp³-hybridized carbons (Fsp3) is 0. The Hall–Kier alpha value is -2.43. The lowest BCUT2D eigenvalue weighted by atomic mass is 10.2. The molecule has 2 heterocycles. The molecule has 0 amide bonds. The third-order valence-electron chi connectivity index (χ3n) is 2.10. The fourth-order valence-corrected chi connectivity index (χ4v) is 1.36. The smallest absolute Gasteiger partial charge is 0.341 e. The van der Waals surface area contributed by atoms with E-state index in [1.165, 1.54) is 29.1 Å². The van der Waals surface area contributed by atoms with Crippen molar-refractivity contribution in [3.05, 3.63) is 58.8 Å². The second-order valence-corrected chi connectivity index (χ2v) is 3.11. The number of pyridine rings is 2.